The molecule has 0 aromatic carbocycles. The van der Waals surface area contributed by atoms with Crippen LogP contribution in [0.25, 0.3) is 10.0 Å². The Morgan fingerprint density at radius 2 is 1.33 bits per heavy atom. The van der Waals surface area contributed by atoms with Gasteiger partial charge in [0.15, 0.2) is 10.0 Å². The molecule has 2 aromatic heterocycles. The normalized spacial score (nSPS) is 10.3. The van der Waals surface area contributed by atoms with Gasteiger partial charge in [-0.3, -0.25) is 0 Å². The van der Waals surface area contributed by atoms with Crippen molar-refractivity contribution in [2.24, 2.45) is 0 Å². The minimum Gasteiger partial charge on any atom is -0.389 e. The van der Waals surface area contributed by atoms with E-state index in [2.05, 4.69) is 9.97 Å². The Kier molecular flexibility index (Phi) is 1.70. The van der Waals surface area contributed by atoms with Crippen LogP contribution in [0.4, 0.5) is 10.0 Å². The van der Waals surface area contributed by atoms with Gasteiger partial charge in [0.05, 0.1) is 12.4 Å². The molecule has 0 aliphatic carbocycles. The average Bonchev–Trinajstić information content (AvgIpc) is 2.58. The molecule has 0 unspecified atom stereocenters. The van der Waals surface area contributed by atoms with Gasteiger partial charge in [0.1, 0.15) is 10.0 Å². The summed E-state index contributed by atoms with van der Waals surface area (Å²) in [6, 6.07) is 0. The summed E-state index contributed by atoms with van der Waals surface area (Å²) in [6.45, 7) is 0. The molecule has 0 saturated heterocycles. The molecule has 62 valence electrons. The molecule has 2 heterocycles. The fourth-order valence-electron chi connectivity index (χ4n) is 0.771. The predicted molar refractivity (Wildman–Crippen MR) is 52.0 cm³/mol. The van der Waals surface area contributed by atoms with Gasteiger partial charge >= 0.3 is 0 Å². The molecule has 0 bridgehead atoms. The van der Waals surface area contributed by atoms with Crippen molar-refractivity contribution in [3.8, 4) is 10.0 Å². The van der Waals surface area contributed by atoms with Crippen LogP contribution in [0.1, 0.15) is 0 Å². The maximum Gasteiger partial charge on any atom is 0.154 e. The van der Waals surface area contributed by atoms with E-state index in [-0.39, 0.29) is 0 Å². The van der Waals surface area contributed by atoms with E-state index < -0.39 is 0 Å². The van der Waals surface area contributed by atoms with Crippen molar-refractivity contribution in [1.29, 1.82) is 0 Å². The third-order valence-corrected chi connectivity index (χ3v) is 3.03. The topological polar surface area (TPSA) is 77.8 Å². The Morgan fingerprint density at radius 1 is 0.917 bits per heavy atom. The zero-order valence-corrected chi connectivity index (χ0v) is 7.65. The van der Waals surface area contributed by atoms with Crippen LogP contribution in [0.3, 0.4) is 0 Å². The first kappa shape index (κ1) is 7.51. The van der Waals surface area contributed by atoms with Crippen molar-refractivity contribution in [3.63, 3.8) is 0 Å². The molecule has 2 aromatic rings. The van der Waals surface area contributed by atoms with E-state index in [4.69, 9.17) is 11.5 Å². The molecule has 0 aliphatic heterocycles. The van der Waals surface area contributed by atoms with Gasteiger partial charge in [-0.25, -0.2) is 9.97 Å². The van der Waals surface area contributed by atoms with E-state index in [1.54, 1.807) is 12.4 Å². The summed E-state index contributed by atoms with van der Waals surface area (Å²) in [6.07, 6.45) is 3.25. The van der Waals surface area contributed by atoms with Crippen LogP contribution < -0.4 is 11.5 Å². The SMILES string of the molecule is Nc1cnc(-c2ncc(N)s2)s1. The van der Waals surface area contributed by atoms with Crippen molar-refractivity contribution < 1.29 is 0 Å². The van der Waals surface area contributed by atoms with Gasteiger partial charge in [0.2, 0.25) is 0 Å². The molecular formula is C6H6N4S2. The van der Waals surface area contributed by atoms with Gasteiger partial charge < -0.3 is 11.5 Å². The lowest BCUT2D eigenvalue weighted by atomic mass is 10.7. The standard InChI is InChI=1S/C6H6N4S2/c7-3-1-9-5(11-3)6-10-2-4(8)12-6/h1-2H,7-8H2. The summed E-state index contributed by atoms with van der Waals surface area (Å²) < 4.78 is 0. The van der Waals surface area contributed by atoms with E-state index in [0.29, 0.717) is 10.0 Å². The van der Waals surface area contributed by atoms with E-state index >= 15 is 0 Å². The molecule has 0 saturated carbocycles. The van der Waals surface area contributed by atoms with Crippen LogP contribution in [0.15, 0.2) is 12.4 Å². The second-order valence-electron chi connectivity index (χ2n) is 2.14. The largest absolute Gasteiger partial charge is 0.389 e. The molecule has 0 radical (unpaired) electrons. The average molecular weight is 198 g/mol. The number of aromatic nitrogens is 2. The maximum atomic E-state index is 5.52. The summed E-state index contributed by atoms with van der Waals surface area (Å²) in [5.41, 5.74) is 11.0. The van der Waals surface area contributed by atoms with Crippen LogP contribution in [-0.2, 0) is 0 Å². The second kappa shape index (κ2) is 2.72. The molecule has 0 amide bonds. The summed E-state index contributed by atoms with van der Waals surface area (Å²) in [5, 5.41) is 3.04. The highest BCUT2D eigenvalue weighted by Gasteiger charge is 2.06. The lowest BCUT2D eigenvalue weighted by Crippen LogP contribution is -1.73. The second-order valence-corrected chi connectivity index (χ2v) is 4.26. The number of hydrogen-bond acceptors (Lipinski definition) is 6. The highest BCUT2D eigenvalue weighted by molar-refractivity contribution is 7.24. The fourth-order valence-corrected chi connectivity index (χ4v) is 2.17. The summed E-state index contributed by atoms with van der Waals surface area (Å²) in [7, 11) is 0. The van der Waals surface area contributed by atoms with Crippen LogP contribution in [0, 0.1) is 0 Å². The highest BCUT2D eigenvalue weighted by Crippen LogP contribution is 2.30. The van der Waals surface area contributed by atoms with Gasteiger partial charge in [0.25, 0.3) is 0 Å². The Hall–Kier alpha value is -1.14. The lowest BCUT2D eigenvalue weighted by Gasteiger charge is -1.83. The molecule has 0 aliphatic rings. The lowest BCUT2D eigenvalue weighted by molar-refractivity contribution is 1.36. The number of nitrogens with two attached hydrogens (primary N) is 2. The Morgan fingerprint density at radius 3 is 1.58 bits per heavy atom. The summed E-state index contributed by atoms with van der Waals surface area (Å²) in [4.78, 5) is 8.17. The third-order valence-electron chi connectivity index (χ3n) is 1.23. The van der Waals surface area contributed by atoms with Gasteiger partial charge in [-0.05, 0) is 0 Å². The highest BCUT2D eigenvalue weighted by atomic mass is 32.1. The van der Waals surface area contributed by atoms with Crippen LogP contribution in [-0.4, -0.2) is 9.97 Å². The van der Waals surface area contributed by atoms with E-state index in [0.717, 1.165) is 10.0 Å². The van der Waals surface area contributed by atoms with Crippen molar-refractivity contribution in [3.05, 3.63) is 12.4 Å². The number of hydrogen-bond donors (Lipinski definition) is 2. The number of nitrogens with zero attached hydrogens (tertiary/aromatic N) is 2. The zero-order chi connectivity index (χ0) is 8.55. The van der Waals surface area contributed by atoms with Crippen molar-refractivity contribution in [2.75, 3.05) is 11.5 Å². The maximum absolute atomic E-state index is 5.52. The first-order valence-electron chi connectivity index (χ1n) is 3.18. The van der Waals surface area contributed by atoms with Crippen LogP contribution in [0.2, 0.25) is 0 Å². The van der Waals surface area contributed by atoms with Gasteiger partial charge in [-0.15, -0.1) is 0 Å². The third kappa shape index (κ3) is 1.26. The first-order chi connectivity index (χ1) is 5.75. The molecule has 0 atom stereocenters. The van der Waals surface area contributed by atoms with Gasteiger partial charge in [0, 0.05) is 0 Å². The van der Waals surface area contributed by atoms with E-state index in [1.165, 1.54) is 22.7 Å². The number of rotatable bonds is 1. The minimum absolute atomic E-state index is 0.693. The molecule has 4 nitrogen and oxygen atoms in total. The fraction of sp³-hybridized carbons (Fsp3) is 0. The van der Waals surface area contributed by atoms with Crippen molar-refractivity contribution in [2.45, 2.75) is 0 Å². The Balaban J connectivity index is 2.43. The first-order valence-corrected chi connectivity index (χ1v) is 4.82. The van der Waals surface area contributed by atoms with E-state index in [9.17, 15) is 0 Å². The predicted octanol–water partition coefficient (Wildman–Crippen LogP) is 1.43. The van der Waals surface area contributed by atoms with Crippen molar-refractivity contribution >= 4 is 32.7 Å². The summed E-state index contributed by atoms with van der Waals surface area (Å²) >= 11 is 2.83. The molecule has 6 heteroatoms. The molecular weight excluding hydrogens is 192 g/mol. The van der Waals surface area contributed by atoms with E-state index in [1.807, 2.05) is 0 Å². The molecule has 12 heavy (non-hydrogen) atoms. The minimum atomic E-state index is 0.693. The number of nitrogen functional groups attached to an aromatic ring is 2. The number of thiazole rings is 2. The zero-order valence-electron chi connectivity index (χ0n) is 6.02. The smallest absolute Gasteiger partial charge is 0.154 e. The molecule has 0 spiro atoms. The summed E-state index contributed by atoms with van der Waals surface area (Å²) in [5.74, 6) is 0. The molecule has 4 N–H and O–H groups in total. The van der Waals surface area contributed by atoms with Crippen molar-refractivity contribution in [1.82, 2.24) is 9.97 Å². The Bertz CT molecular complexity index is 353. The van der Waals surface area contributed by atoms with Crippen LogP contribution >= 0.6 is 22.7 Å². The quantitative estimate of drug-likeness (QED) is 0.726. The number of anilines is 2. The van der Waals surface area contributed by atoms with Gasteiger partial charge in [-0.1, -0.05) is 22.7 Å². The monoisotopic (exact) mass is 198 g/mol. The van der Waals surface area contributed by atoms with Crippen LogP contribution in [0.5, 0.6) is 0 Å². The van der Waals surface area contributed by atoms with Gasteiger partial charge in [-0.2, -0.15) is 0 Å². The Labute approximate surface area is 76.9 Å². The molecule has 2 rings (SSSR count). The molecule has 0 fully saturated rings.